The van der Waals surface area contributed by atoms with Gasteiger partial charge in [0, 0.05) is 52.7 Å². The van der Waals surface area contributed by atoms with Gasteiger partial charge in [-0.1, -0.05) is 23.7 Å². The van der Waals surface area contributed by atoms with Crippen molar-refractivity contribution in [3.05, 3.63) is 89.3 Å². The smallest absolute Gasteiger partial charge is 0.355 e. The lowest BCUT2D eigenvalue weighted by Crippen LogP contribution is -2.49. The first-order valence-electron chi connectivity index (χ1n) is 17.9. The Morgan fingerprint density at radius 2 is 1.63 bits per heavy atom. The Balaban J connectivity index is 1.18. The molecule has 19 heteroatoms. The molecule has 1 saturated heterocycles. The number of piperidine rings is 1. The van der Waals surface area contributed by atoms with E-state index >= 15 is 0 Å². The van der Waals surface area contributed by atoms with Gasteiger partial charge in [-0.15, -0.1) is 5.10 Å². The fraction of sp³-hybridized carbons (Fsp3) is 0.289. The largest absolute Gasteiger partial charge is 0.455 e. The molecule has 1 aliphatic rings. The number of nitrogens with one attached hydrogen (secondary N) is 5. The molecule has 1 aliphatic heterocycles. The number of esters is 1. The van der Waals surface area contributed by atoms with E-state index in [1.165, 1.54) is 17.1 Å². The Labute approximate surface area is 330 Å². The minimum Gasteiger partial charge on any atom is -0.455 e. The van der Waals surface area contributed by atoms with Crippen LogP contribution in [0.4, 0.5) is 21.9 Å². The number of halogens is 1. The van der Waals surface area contributed by atoms with E-state index in [2.05, 4.69) is 41.8 Å². The number of carbonyl (C=O) groups is 6. The van der Waals surface area contributed by atoms with Gasteiger partial charge < -0.3 is 41.6 Å². The van der Waals surface area contributed by atoms with Crippen LogP contribution in [0.3, 0.4) is 0 Å². The van der Waals surface area contributed by atoms with Gasteiger partial charge in [-0.05, 0) is 104 Å². The number of tetrazole rings is 1. The maximum Gasteiger partial charge on any atom is 0.355 e. The number of nitrogens with zero attached hydrogens (tertiary/aromatic N) is 5. The van der Waals surface area contributed by atoms with Crippen LogP contribution in [0, 0.1) is 5.92 Å². The number of ether oxygens (including phenoxy) is 1. The van der Waals surface area contributed by atoms with E-state index in [-0.39, 0.29) is 40.7 Å². The molecule has 0 unspecified atom stereocenters. The van der Waals surface area contributed by atoms with Gasteiger partial charge in [-0.2, -0.15) is 4.68 Å². The molecule has 5 aromatic rings. The van der Waals surface area contributed by atoms with Crippen molar-refractivity contribution in [2.45, 2.75) is 51.7 Å². The summed E-state index contributed by atoms with van der Waals surface area (Å²) in [6.07, 6.45) is 2.22. The van der Waals surface area contributed by atoms with Gasteiger partial charge in [0.1, 0.15) is 23.7 Å². The van der Waals surface area contributed by atoms with Crippen LogP contribution in [0.1, 0.15) is 49.7 Å². The van der Waals surface area contributed by atoms with Crippen molar-refractivity contribution >= 4 is 75.2 Å². The first kappa shape index (κ1) is 39.9. The second-order valence-corrected chi connectivity index (χ2v) is 14.8. The lowest BCUT2D eigenvalue weighted by Gasteiger charge is -2.30. The van der Waals surface area contributed by atoms with Gasteiger partial charge in [0.25, 0.3) is 0 Å². The Kier molecular flexibility index (Phi) is 11.8. The third kappa shape index (κ3) is 10.3. The monoisotopic (exact) mass is 797 g/mol. The second-order valence-electron chi connectivity index (χ2n) is 14.4. The van der Waals surface area contributed by atoms with Crippen LogP contribution in [0.25, 0.3) is 16.6 Å². The Hall–Kier alpha value is -6.82. The number of aromatic amines is 1. The number of hydrogen-bond donors (Lipinski definition) is 6. The average Bonchev–Trinajstić information content (AvgIpc) is 3.86. The van der Waals surface area contributed by atoms with Crippen molar-refractivity contribution in [1.82, 2.24) is 35.4 Å². The van der Waals surface area contributed by atoms with Crippen molar-refractivity contribution in [2.24, 2.45) is 11.7 Å². The molecule has 3 aromatic carbocycles. The number of fused-ring (bicyclic) bond motifs is 1. The summed E-state index contributed by atoms with van der Waals surface area (Å²) in [7, 11) is 0. The molecule has 0 spiro atoms. The maximum atomic E-state index is 13.9. The average molecular weight is 798 g/mol. The topological polar surface area (TPSA) is 248 Å². The third-order valence-electron chi connectivity index (χ3n) is 8.97. The van der Waals surface area contributed by atoms with Crippen LogP contribution in [-0.4, -0.2) is 90.5 Å². The van der Waals surface area contributed by atoms with Crippen molar-refractivity contribution in [1.29, 1.82) is 0 Å². The summed E-state index contributed by atoms with van der Waals surface area (Å²) < 4.78 is 6.73. The zero-order chi connectivity index (χ0) is 40.9. The molecule has 2 aromatic heterocycles. The highest BCUT2D eigenvalue weighted by Gasteiger charge is 2.28. The predicted octanol–water partition coefficient (Wildman–Crippen LogP) is 3.79. The number of aromatic nitrogens is 5. The first-order chi connectivity index (χ1) is 27.1. The summed E-state index contributed by atoms with van der Waals surface area (Å²) >= 11 is 6.18. The maximum absolute atomic E-state index is 13.9. The quantitative estimate of drug-likeness (QED) is 0.0881. The SMILES string of the molecule is CC(C)(C)OC(=O)c1cc2cc(NC(=O)[C@H](Cc3ccc(NC(=O)N4CCC(C(N)=O)CC4)cc3)NC(=O)C(=O)Nc3cc(Cl)ccc3-n3cnnn3)ccc2[nH]1. The third-order valence-corrected chi connectivity index (χ3v) is 9.20. The zero-order valence-electron chi connectivity index (χ0n) is 31.2. The zero-order valence-corrected chi connectivity index (χ0v) is 31.9. The lowest BCUT2D eigenvalue weighted by molar-refractivity contribution is -0.137. The lowest BCUT2D eigenvalue weighted by atomic mass is 9.96. The number of rotatable bonds is 10. The Bertz CT molecular complexity index is 2310. The summed E-state index contributed by atoms with van der Waals surface area (Å²) in [5.41, 5.74) is 7.46. The van der Waals surface area contributed by atoms with Crippen LogP contribution in [0.5, 0.6) is 0 Å². The number of nitrogens with two attached hydrogens (primary N) is 1. The molecule has 1 fully saturated rings. The summed E-state index contributed by atoms with van der Waals surface area (Å²) in [6, 6.07) is 16.1. The van der Waals surface area contributed by atoms with Gasteiger partial charge >= 0.3 is 23.8 Å². The van der Waals surface area contributed by atoms with E-state index in [0.29, 0.717) is 59.5 Å². The van der Waals surface area contributed by atoms with E-state index < -0.39 is 35.3 Å². The van der Waals surface area contributed by atoms with Gasteiger partial charge in [0.15, 0.2) is 0 Å². The molecular weight excluding hydrogens is 758 g/mol. The molecule has 18 nitrogen and oxygen atoms in total. The Morgan fingerprint density at radius 3 is 2.30 bits per heavy atom. The predicted molar refractivity (Wildman–Crippen MR) is 209 cm³/mol. The van der Waals surface area contributed by atoms with Crippen molar-refractivity contribution in [3.8, 4) is 5.69 Å². The molecule has 0 saturated carbocycles. The van der Waals surface area contributed by atoms with E-state index in [4.69, 9.17) is 22.1 Å². The first-order valence-corrected chi connectivity index (χ1v) is 18.3. The number of hydrogen-bond acceptors (Lipinski definition) is 10. The number of likely N-dealkylation sites (tertiary alicyclic amines) is 1. The van der Waals surface area contributed by atoms with Crippen LogP contribution in [0.2, 0.25) is 5.02 Å². The molecule has 0 bridgehead atoms. The standard InChI is InChI=1S/C38H40ClN11O7/c1-38(2,3)57-36(55)30-18-23-17-26(9-10-27(23)44-30)42-33(52)29(46-35(54)34(53)45-28-19-24(39)6-11-31(28)50-20-41-47-48-50)16-21-4-7-25(8-5-21)43-37(56)49-14-12-22(13-15-49)32(40)51/h4-11,17-20,22,29,44H,12-16H2,1-3H3,(H2,40,51)(H,42,52)(H,43,56)(H,45,53)(H,46,54)/t29-/m0/s1. The van der Waals surface area contributed by atoms with E-state index in [1.54, 1.807) is 86.3 Å². The van der Waals surface area contributed by atoms with Gasteiger partial charge in [-0.25, -0.2) is 9.59 Å². The number of carbonyl (C=O) groups excluding carboxylic acids is 6. The van der Waals surface area contributed by atoms with Gasteiger partial charge in [0.05, 0.1) is 11.4 Å². The van der Waals surface area contributed by atoms with Gasteiger partial charge in [0.2, 0.25) is 11.8 Å². The number of primary amides is 1. The second kappa shape index (κ2) is 16.9. The highest BCUT2D eigenvalue weighted by molar-refractivity contribution is 6.40. The summed E-state index contributed by atoms with van der Waals surface area (Å²) in [5.74, 6) is -4.03. The molecule has 0 radical (unpaired) electrons. The highest BCUT2D eigenvalue weighted by Crippen LogP contribution is 2.25. The van der Waals surface area contributed by atoms with Crippen LogP contribution in [-0.2, 0) is 30.3 Å². The summed E-state index contributed by atoms with van der Waals surface area (Å²) in [4.78, 5) is 82.2. The summed E-state index contributed by atoms with van der Waals surface area (Å²) in [6.45, 7) is 6.06. The van der Waals surface area contributed by atoms with Crippen molar-refractivity contribution in [2.75, 3.05) is 29.0 Å². The van der Waals surface area contributed by atoms with Crippen LogP contribution >= 0.6 is 11.6 Å². The van der Waals surface area contributed by atoms with E-state index in [9.17, 15) is 28.8 Å². The normalized spacial score (nSPS) is 13.7. The molecule has 3 heterocycles. The molecular formula is C38H40ClN11O7. The molecule has 7 N–H and O–H groups in total. The number of urea groups is 1. The fourth-order valence-electron chi connectivity index (χ4n) is 6.10. The molecule has 57 heavy (non-hydrogen) atoms. The van der Waals surface area contributed by atoms with Gasteiger partial charge in [-0.3, -0.25) is 19.2 Å². The fourth-order valence-corrected chi connectivity index (χ4v) is 6.28. The van der Waals surface area contributed by atoms with Crippen molar-refractivity contribution in [3.63, 3.8) is 0 Å². The minimum absolute atomic E-state index is 0.0536. The molecule has 6 amide bonds. The molecule has 1 atom stereocenters. The Morgan fingerprint density at radius 1 is 0.912 bits per heavy atom. The van der Waals surface area contributed by atoms with Crippen molar-refractivity contribution < 1.29 is 33.5 Å². The van der Waals surface area contributed by atoms with Crippen LogP contribution in [0.15, 0.2) is 73.1 Å². The molecule has 6 rings (SSSR count). The highest BCUT2D eigenvalue weighted by atomic mass is 35.5. The molecule has 296 valence electrons. The number of amides is 6. The number of H-pyrrole nitrogens is 1. The number of anilines is 3. The van der Waals surface area contributed by atoms with E-state index in [1.807, 2.05) is 0 Å². The minimum atomic E-state index is -1.27. The number of benzene rings is 3. The van der Waals surface area contributed by atoms with Crippen LogP contribution < -0.4 is 27.0 Å². The van der Waals surface area contributed by atoms with E-state index in [0.717, 1.165) is 0 Å². The molecule has 0 aliphatic carbocycles. The summed E-state index contributed by atoms with van der Waals surface area (Å²) in [5, 5.41) is 22.6.